The lowest BCUT2D eigenvalue weighted by molar-refractivity contribution is -0.139. The standard InChI is InChI=1S/C28H31ClFN3O5S/c1-4-16-31-28(35)20(2)32(18-21-10-13-23(30)14-11-21)27(34)19-33(25-17-22(29)12-15-26(25)38-3)39(36,37)24-8-6-5-7-9-24/h5-15,17,20H,4,16,18-19H2,1-3H3,(H,31,35). The summed E-state index contributed by atoms with van der Waals surface area (Å²) in [5, 5.41) is 3.00. The Morgan fingerprint density at radius 3 is 2.33 bits per heavy atom. The minimum Gasteiger partial charge on any atom is -0.495 e. The van der Waals surface area contributed by atoms with E-state index in [0.29, 0.717) is 18.5 Å². The fourth-order valence-corrected chi connectivity index (χ4v) is 5.46. The molecule has 2 amide bonds. The Morgan fingerprint density at radius 2 is 1.72 bits per heavy atom. The number of nitrogens with zero attached hydrogens (tertiary/aromatic N) is 2. The van der Waals surface area contributed by atoms with E-state index in [0.717, 1.165) is 4.31 Å². The van der Waals surface area contributed by atoms with Crippen LogP contribution < -0.4 is 14.4 Å². The molecule has 0 aliphatic heterocycles. The number of sulfonamides is 1. The predicted octanol–water partition coefficient (Wildman–Crippen LogP) is 4.63. The maximum atomic E-state index is 13.9. The highest BCUT2D eigenvalue weighted by Gasteiger charge is 2.33. The van der Waals surface area contributed by atoms with Gasteiger partial charge in [0.1, 0.15) is 24.2 Å². The van der Waals surface area contributed by atoms with Gasteiger partial charge in [0.15, 0.2) is 0 Å². The minimum atomic E-state index is -4.27. The first kappa shape index (κ1) is 29.9. The van der Waals surface area contributed by atoms with Gasteiger partial charge in [-0.15, -0.1) is 0 Å². The number of ether oxygens (including phenoxy) is 1. The van der Waals surface area contributed by atoms with Gasteiger partial charge < -0.3 is 15.0 Å². The Morgan fingerprint density at radius 1 is 1.05 bits per heavy atom. The number of hydrogen-bond acceptors (Lipinski definition) is 5. The van der Waals surface area contributed by atoms with Gasteiger partial charge in [0.05, 0.1) is 17.7 Å². The van der Waals surface area contributed by atoms with Gasteiger partial charge in [-0.1, -0.05) is 48.9 Å². The second-order valence-electron chi connectivity index (χ2n) is 8.76. The van der Waals surface area contributed by atoms with E-state index in [-0.39, 0.29) is 27.9 Å². The molecule has 0 saturated carbocycles. The first-order valence-electron chi connectivity index (χ1n) is 12.3. The van der Waals surface area contributed by atoms with Crippen LogP contribution in [0.5, 0.6) is 5.75 Å². The molecule has 0 spiro atoms. The van der Waals surface area contributed by atoms with Crippen LogP contribution in [0.25, 0.3) is 0 Å². The van der Waals surface area contributed by atoms with Crippen LogP contribution in [0.15, 0.2) is 77.7 Å². The average molecular weight is 576 g/mol. The van der Waals surface area contributed by atoms with E-state index in [9.17, 15) is 22.4 Å². The summed E-state index contributed by atoms with van der Waals surface area (Å²) in [5.41, 5.74) is 0.629. The van der Waals surface area contributed by atoms with Crippen molar-refractivity contribution < 1.29 is 27.1 Å². The van der Waals surface area contributed by atoms with Crippen molar-refractivity contribution in [3.63, 3.8) is 0 Å². The van der Waals surface area contributed by atoms with E-state index in [1.54, 1.807) is 31.2 Å². The zero-order valence-electron chi connectivity index (χ0n) is 21.9. The van der Waals surface area contributed by atoms with E-state index < -0.39 is 40.2 Å². The number of amides is 2. The van der Waals surface area contributed by atoms with Crippen molar-refractivity contribution >= 4 is 39.1 Å². The molecule has 3 aromatic carbocycles. The second-order valence-corrected chi connectivity index (χ2v) is 11.1. The second kappa shape index (κ2) is 13.4. The van der Waals surface area contributed by atoms with Gasteiger partial charge in [0, 0.05) is 18.1 Å². The van der Waals surface area contributed by atoms with Crippen LogP contribution in [0, 0.1) is 5.82 Å². The summed E-state index contributed by atoms with van der Waals surface area (Å²) >= 11 is 6.22. The number of carbonyl (C=O) groups excluding carboxylic acids is 2. The Hall–Kier alpha value is -3.63. The van der Waals surface area contributed by atoms with Crippen LogP contribution >= 0.6 is 11.6 Å². The van der Waals surface area contributed by atoms with Crippen LogP contribution in [0.3, 0.4) is 0 Å². The van der Waals surface area contributed by atoms with Gasteiger partial charge in [-0.25, -0.2) is 12.8 Å². The van der Waals surface area contributed by atoms with Crippen molar-refractivity contribution in [2.45, 2.75) is 37.8 Å². The molecule has 208 valence electrons. The van der Waals surface area contributed by atoms with Crippen molar-refractivity contribution in [3.8, 4) is 5.75 Å². The summed E-state index contributed by atoms with van der Waals surface area (Å²) < 4.78 is 47.5. The van der Waals surface area contributed by atoms with Crippen LogP contribution in [0.4, 0.5) is 10.1 Å². The smallest absolute Gasteiger partial charge is 0.264 e. The van der Waals surface area contributed by atoms with Crippen LogP contribution in [-0.4, -0.2) is 51.4 Å². The van der Waals surface area contributed by atoms with E-state index in [2.05, 4.69) is 5.32 Å². The van der Waals surface area contributed by atoms with Crippen molar-refractivity contribution in [1.82, 2.24) is 10.2 Å². The number of halogens is 2. The number of carbonyl (C=O) groups is 2. The largest absolute Gasteiger partial charge is 0.495 e. The molecule has 1 N–H and O–H groups in total. The number of rotatable bonds is 12. The molecule has 3 aromatic rings. The molecule has 0 radical (unpaired) electrons. The van der Waals surface area contributed by atoms with Crippen LogP contribution in [0.1, 0.15) is 25.8 Å². The van der Waals surface area contributed by atoms with Gasteiger partial charge in [0.2, 0.25) is 11.8 Å². The van der Waals surface area contributed by atoms with E-state index in [4.69, 9.17) is 16.3 Å². The highest BCUT2D eigenvalue weighted by atomic mass is 35.5. The van der Waals surface area contributed by atoms with Crippen molar-refractivity contribution in [2.24, 2.45) is 0 Å². The summed E-state index contributed by atoms with van der Waals surface area (Å²) in [6.07, 6.45) is 0.696. The SMILES string of the molecule is CCCNC(=O)C(C)N(Cc1ccc(F)cc1)C(=O)CN(c1cc(Cl)ccc1OC)S(=O)(=O)c1ccccc1. The molecule has 0 saturated heterocycles. The summed E-state index contributed by atoms with van der Waals surface area (Å²) in [5.74, 6) is -1.31. The van der Waals surface area contributed by atoms with Gasteiger partial charge >= 0.3 is 0 Å². The topological polar surface area (TPSA) is 96.0 Å². The van der Waals surface area contributed by atoms with Gasteiger partial charge in [-0.3, -0.25) is 13.9 Å². The zero-order valence-corrected chi connectivity index (χ0v) is 23.5. The summed E-state index contributed by atoms with van der Waals surface area (Å²) in [6, 6.07) is 16.7. The quantitative estimate of drug-likeness (QED) is 0.340. The molecule has 3 rings (SSSR count). The Bertz CT molecular complexity index is 1390. The van der Waals surface area contributed by atoms with Crippen molar-refractivity contribution in [3.05, 3.63) is 89.2 Å². The fourth-order valence-electron chi connectivity index (χ4n) is 3.86. The molecule has 1 unspecified atom stereocenters. The predicted molar refractivity (Wildman–Crippen MR) is 149 cm³/mol. The Balaban J connectivity index is 2.07. The third kappa shape index (κ3) is 7.48. The summed E-state index contributed by atoms with van der Waals surface area (Å²) in [4.78, 5) is 28.0. The molecule has 0 aromatic heterocycles. The molecule has 0 fully saturated rings. The number of benzene rings is 3. The van der Waals surface area contributed by atoms with E-state index in [1.807, 2.05) is 6.92 Å². The van der Waals surface area contributed by atoms with E-state index in [1.165, 1.54) is 60.5 Å². The average Bonchev–Trinajstić information content (AvgIpc) is 2.94. The summed E-state index contributed by atoms with van der Waals surface area (Å²) in [7, 11) is -2.90. The molecule has 0 heterocycles. The molecule has 0 aliphatic rings. The van der Waals surface area contributed by atoms with Gasteiger partial charge in [0.25, 0.3) is 10.0 Å². The number of hydrogen-bond donors (Lipinski definition) is 1. The lowest BCUT2D eigenvalue weighted by Gasteiger charge is -2.32. The lowest BCUT2D eigenvalue weighted by Crippen LogP contribution is -2.51. The minimum absolute atomic E-state index is 0.0429. The van der Waals surface area contributed by atoms with Gasteiger partial charge in [-0.2, -0.15) is 0 Å². The molecule has 0 aliphatic carbocycles. The van der Waals surface area contributed by atoms with Crippen molar-refractivity contribution in [1.29, 1.82) is 0 Å². The maximum absolute atomic E-state index is 13.9. The Labute approximate surface area is 233 Å². The molecule has 8 nitrogen and oxygen atoms in total. The monoisotopic (exact) mass is 575 g/mol. The highest BCUT2D eigenvalue weighted by Crippen LogP contribution is 2.35. The third-order valence-electron chi connectivity index (χ3n) is 6.00. The zero-order chi connectivity index (χ0) is 28.6. The molecule has 1 atom stereocenters. The first-order valence-corrected chi connectivity index (χ1v) is 14.1. The molecular formula is C28H31ClFN3O5S. The maximum Gasteiger partial charge on any atom is 0.264 e. The number of anilines is 1. The Kier molecular flexibility index (Phi) is 10.3. The first-order chi connectivity index (χ1) is 18.6. The van der Waals surface area contributed by atoms with Crippen LogP contribution in [-0.2, 0) is 26.2 Å². The lowest BCUT2D eigenvalue weighted by atomic mass is 10.1. The molecule has 0 bridgehead atoms. The van der Waals surface area contributed by atoms with Crippen LogP contribution in [0.2, 0.25) is 5.02 Å². The van der Waals surface area contributed by atoms with Gasteiger partial charge in [-0.05, 0) is 61.4 Å². The molecular weight excluding hydrogens is 545 g/mol. The van der Waals surface area contributed by atoms with E-state index >= 15 is 0 Å². The highest BCUT2D eigenvalue weighted by molar-refractivity contribution is 7.92. The number of nitrogens with one attached hydrogen (secondary N) is 1. The fraction of sp³-hybridized carbons (Fsp3) is 0.286. The number of methoxy groups -OCH3 is 1. The summed E-state index contributed by atoms with van der Waals surface area (Å²) in [6.45, 7) is 3.17. The normalized spacial score (nSPS) is 11.9. The molecule has 39 heavy (non-hydrogen) atoms. The molecule has 11 heteroatoms. The van der Waals surface area contributed by atoms with Crippen molar-refractivity contribution in [2.75, 3.05) is 24.5 Å². The third-order valence-corrected chi connectivity index (χ3v) is 8.01.